The molecule has 1 aromatic rings. The first-order valence-corrected chi connectivity index (χ1v) is 13.2. The van der Waals surface area contributed by atoms with Crippen LogP contribution in [0.25, 0.3) is 0 Å². The van der Waals surface area contributed by atoms with E-state index in [1.54, 1.807) is 18.9 Å². The summed E-state index contributed by atoms with van der Waals surface area (Å²) in [5, 5.41) is 0. The van der Waals surface area contributed by atoms with Crippen LogP contribution < -0.4 is 0 Å². The van der Waals surface area contributed by atoms with Crippen LogP contribution in [0.5, 0.6) is 0 Å². The Morgan fingerprint density at radius 1 is 1.29 bits per heavy atom. The van der Waals surface area contributed by atoms with Gasteiger partial charge in [0.05, 0.1) is 0 Å². The number of rotatable bonds is 11. The smallest absolute Gasteiger partial charge is 0.446 e. The molecule has 0 aliphatic carbocycles. The van der Waals surface area contributed by atoms with Gasteiger partial charge in [-0.1, -0.05) is 6.58 Å². The summed E-state index contributed by atoms with van der Waals surface area (Å²) in [6.45, 7) is 10.9. The third kappa shape index (κ3) is 8.32. The Bertz CT molecular complexity index is 830. The molecule has 0 bridgehead atoms. The van der Waals surface area contributed by atoms with Gasteiger partial charge >= 0.3 is 149 Å². The van der Waals surface area contributed by atoms with Crippen molar-refractivity contribution >= 4 is 40.1 Å². The molecule has 0 amide bonds. The van der Waals surface area contributed by atoms with Crippen LogP contribution >= 0.6 is 15.7 Å². The topological polar surface area (TPSA) is 80.0 Å². The van der Waals surface area contributed by atoms with E-state index >= 15 is 0 Å². The Morgan fingerprint density at radius 3 is 2.90 bits per heavy atom. The van der Waals surface area contributed by atoms with E-state index in [2.05, 4.69) is 18.1 Å². The van der Waals surface area contributed by atoms with Gasteiger partial charge in [0.15, 0.2) is 0 Å². The molecular formula is C20H27BNO6P2S+. The number of aromatic nitrogens is 1. The molecule has 7 nitrogen and oxygen atoms in total. The zero-order chi connectivity index (χ0) is 22.1. The second kappa shape index (κ2) is 13.1. The molecule has 2 saturated heterocycles. The predicted octanol–water partition coefficient (Wildman–Crippen LogP) is 4.56. The van der Waals surface area contributed by atoms with Gasteiger partial charge in [0.2, 0.25) is 5.89 Å². The minimum Gasteiger partial charge on any atom is -0.446 e. The Kier molecular flexibility index (Phi) is 10.6. The minimum atomic E-state index is -0.408. The molecule has 3 rings (SSSR count). The van der Waals surface area contributed by atoms with Crippen LogP contribution in [0.1, 0.15) is 56.2 Å². The fourth-order valence-electron chi connectivity index (χ4n) is 3.87. The molecule has 0 N–H and O–H groups in total. The van der Waals surface area contributed by atoms with E-state index in [9.17, 15) is 4.79 Å². The van der Waals surface area contributed by atoms with E-state index in [0.29, 0.717) is 44.3 Å². The molecule has 1 aromatic heterocycles. The Labute approximate surface area is 191 Å². The summed E-state index contributed by atoms with van der Waals surface area (Å²) in [6.07, 6.45) is 4.67. The molecule has 31 heavy (non-hydrogen) atoms. The van der Waals surface area contributed by atoms with Gasteiger partial charge in [-0.3, -0.25) is 0 Å². The maximum atomic E-state index is 12.4. The van der Waals surface area contributed by atoms with Gasteiger partial charge < -0.3 is 8.94 Å². The van der Waals surface area contributed by atoms with Crippen LogP contribution in [0.4, 0.5) is 0 Å². The number of hydrogen-bond acceptors (Lipinski definition) is 8. The maximum absolute atomic E-state index is 12.4. The van der Waals surface area contributed by atoms with Crippen LogP contribution in [-0.2, 0) is 41.9 Å². The van der Waals surface area contributed by atoms with Crippen molar-refractivity contribution in [2.24, 2.45) is 0 Å². The number of carbonyl (C=O) groups excluding carboxylic acids is 1. The SMILES string of the molecule is C=CPOCc1nc([C@H]2CC(=O)C[C@@H](C[C@H]3CC(=C)C[C@H](CCOB=[P+]=S)O3)O2)co1. The van der Waals surface area contributed by atoms with Crippen LogP contribution in [-0.4, -0.2) is 42.5 Å². The molecule has 11 heteroatoms. The van der Waals surface area contributed by atoms with Crippen LogP contribution in [0.2, 0.25) is 0 Å². The molecule has 2 aliphatic rings. The van der Waals surface area contributed by atoms with Gasteiger partial charge in [-0.25, -0.2) is 0 Å². The summed E-state index contributed by atoms with van der Waals surface area (Å²) in [6, 6.07) is 0. The first-order chi connectivity index (χ1) is 15.1. The molecule has 5 atom stereocenters. The molecule has 0 aromatic carbocycles. The van der Waals surface area contributed by atoms with E-state index in [0.717, 1.165) is 24.8 Å². The van der Waals surface area contributed by atoms with Crippen LogP contribution in [0.15, 0.2) is 35.2 Å². The summed E-state index contributed by atoms with van der Waals surface area (Å²) >= 11 is 4.81. The standard InChI is InChI=1S/C20H27BNO6P2S/c1-3-29-26-12-20-22-18(11-24-20)19-9-14(23)8-17(28-19)10-16-7-13(2)6-15(27-16)4-5-25-21-30-31/h3,11,15-17,19,29H,1-2,4-10,12H2/q+1/t15-,16+,17-,19+/m0/s1. The molecule has 0 radical (unpaired) electrons. The number of ketones is 1. The molecule has 0 spiro atoms. The quantitative estimate of drug-likeness (QED) is 0.197. The summed E-state index contributed by atoms with van der Waals surface area (Å²) in [4.78, 5) is 16.8. The van der Waals surface area contributed by atoms with E-state index in [-0.39, 0.29) is 39.5 Å². The average Bonchev–Trinajstić information content (AvgIpc) is 3.20. The van der Waals surface area contributed by atoms with Crippen molar-refractivity contribution in [2.45, 2.75) is 69.5 Å². The molecule has 1 unspecified atom stereocenters. The van der Waals surface area contributed by atoms with Gasteiger partial charge in [-0.15, -0.1) is 0 Å². The first-order valence-electron chi connectivity index (χ1n) is 10.2. The van der Waals surface area contributed by atoms with Crippen molar-refractivity contribution in [3.8, 4) is 0 Å². The van der Waals surface area contributed by atoms with Crippen molar-refractivity contribution in [3.63, 3.8) is 0 Å². The van der Waals surface area contributed by atoms with Crippen molar-refractivity contribution < 1.29 is 27.9 Å². The molecule has 2 aliphatic heterocycles. The van der Waals surface area contributed by atoms with Crippen molar-refractivity contribution in [1.29, 1.82) is 0 Å². The summed E-state index contributed by atoms with van der Waals surface area (Å²) in [5.74, 6) is 2.32. The van der Waals surface area contributed by atoms with Gasteiger partial charge in [-0.05, 0) is 5.82 Å². The number of carbonyl (C=O) groups is 1. The Morgan fingerprint density at radius 2 is 2.10 bits per heavy atom. The average molecular weight is 482 g/mol. The molecule has 0 saturated carbocycles. The summed E-state index contributed by atoms with van der Waals surface area (Å²) in [5.41, 5.74) is 1.78. The minimum absolute atomic E-state index is 0.0231. The Hall–Kier alpha value is -0.655. The van der Waals surface area contributed by atoms with Crippen LogP contribution in [0.3, 0.4) is 0 Å². The second-order valence-corrected chi connectivity index (χ2v) is 9.60. The van der Waals surface area contributed by atoms with E-state index in [1.807, 2.05) is 0 Å². The second-order valence-electron chi connectivity index (χ2n) is 7.61. The molecule has 3 heterocycles. The normalized spacial score (nSPS) is 26.8. The molecule has 2 fully saturated rings. The third-order valence-corrected chi connectivity index (χ3v) is 6.08. The predicted molar refractivity (Wildman–Crippen MR) is 124 cm³/mol. The van der Waals surface area contributed by atoms with E-state index in [1.165, 1.54) is 0 Å². The molecule has 166 valence electrons. The van der Waals surface area contributed by atoms with Crippen molar-refractivity contribution in [1.82, 2.24) is 4.98 Å². The van der Waals surface area contributed by atoms with Gasteiger partial charge in [0.1, 0.15) is 6.61 Å². The molecular weight excluding hydrogens is 455 g/mol. The monoisotopic (exact) mass is 482 g/mol. The number of Topliss-reactive ketones (excluding diaryl/α,β-unsaturated/α-hetero) is 1. The first kappa shape index (κ1) is 25.0. The number of hydrogen-bond donors (Lipinski definition) is 0. The number of nitrogens with zero attached hydrogens (tertiary/aromatic N) is 1. The Balaban J connectivity index is 1.53. The van der Waals surface area contributed by atoms with E-state index in [4.69, 9.17) is 34.9 Å². The fourth-order valence-corrected chi connectivity index (χ4v) is 4.54. The fraction of sp³-hybridized carbons (Fsp3) is 0.600. The summed E-state index contributed by atoms with van der Waals surface area (Å²) < 4.78 is 28.7. The zero-order valence-corrected chi connectivity index (χ0v) is 20.1. The number of oxazole rings is 1. The van der Waals surface area contributed by atoms with Crippen molar-refractivity contribution in [3.05, 3.63) is 42.4 Å². The summed E-state index contributed by atoms with van der Waals surface area (Å²) in [7, 11) is 0.188. The number of ether oxygens (including phenoxy) is 2. The zero-order valence-electron chi connectivity index (χ0n) is 17.4. The van der Waals surface area contributed by atoms with Crippen LogP contribution in [0, 0.1) is 0 Å². The van der Waals surface area contributed by atoms with Gasteiger partial charge in [-0.2, -0.15) is 0 Å². The third-order valence-electron chi connectivity index (χ3n) is 5.11. The van der Waals surface area contributed by atoms with Crippen molar-refractivity contribution in [2.75, 3.05) is 6.61 Å². The van der Waals surface area contributed by atoms with E-state index < -0.39 is 6.10 Å². The van der Waals surface area contributed by atoms with Gasteiger partial charge in [0.25, 0.3) is 0 Å². The van der Waals surface area contributed by atoms with Gasteiger partial charge in [0, 0.05) is 8.81 Å².